The van der Waals surface area contributed by atoms with Crippen molar-refractivity contribution >= 4 is 35.1 Å². The first-order valence-corrected chi connectivity index (χ1v) is 10.9. The number of ether oxygens (including phenoxy) is 1. The number of aromatic nitrogens is 2. The van der Waals surface area contributed by atoms with Gasteiger partial charge >= 0.3 is 12.1 Å². The van der Waals surface area contributed by atoms with Crippen molar-refractivity contribution in [3.05, 3.63) is 81.2 Å². The van der Waals surface area contributed by atoms with Gasteiger partial charge in [-0.25, -0.2) is 9.48 Å². The van der Waals surface area contributed by atoms with Crippen LogP contribution in [-0.4, -0.2) is 26.8 Å². The summed E-state index contributed by atoms with van der Waals surface area (Å²) in [7, 11) is 1.22. The van der Waals surface area contributed by atoms with Crippen molar-refractivity contribution in [2.24, 2.45) is 7.05 Å². The number of alkyl halides is 3. The zero-order chi connectivity index (χ0) is 26.1. The van der Waals surface area contributed by atoms with Crippen LogP contribution in [0.5, 0.6) is 5.88 Å². The summed E-state index contributed by atoms with van der Waals surface area (Å²) < 4.78 is 47.6. The lowest BCUT2D eigenvalue weighted by atomic mass is 10.0. The zero-order valence-corrected chi connectivity index (χ0v) is 20.1. The second kappa shape index (κ2) is 9.79. The van der Waals surface area contributed by atoms with Crippen molar-refractivity contribution in [1.29, 1.82) is 0 Å². The molecule has 0 radical (unpaired) electrons. The normalized spacial score (nSPS) is 15.5. The van der Waals surface area contributed by atoms with E-state index in [-0.39, 0.29) is 21.4 Å². The Morgan fingerprint density at radius 1 is 1.23 bits per heavy atom. The summed E-state index contributed by atoms with van der Waals surface area (Å²) in [4.78, 5) is 24.3. The molecule has 0 unspecified atom stereocenters. The zero-order valence-electron chi connectivity index (χ0n) is 18.5. The Labute approximate surface area is 208 Å². The first kappa shape index (κ1) is 26.4. The Kier molecular flexibility index (Phi) is 7.37. The van der Waals surface area contributed by atoms with Crippen LogP contribution in [0, 0.1) is 0 Å². The van der Waals surface area contributed by atoms with Gasteiger partial charge in [-0.1, -0.05) is 41.9 Å². The van der Waals surface area contributed by atoms with Crippen molar-refractivity contribution < 1.29 is 32.6 Å². The van der Waals surface area contributed by atoms with E-state index in [1.165, 1.54) is 50.4 Å². The summed E-state index contributed by atoms with van der Waals surface area (Å²) in [5.74, 6) is -2.46. The molecule has 0 atom stereocenters. The van der Waals surface area contributed by atoms with Gasteiger partial charge in [-0.05, 0) is 49.6 Å². The fraction of sp³-hybridized carbons (Fsp3) is 0.261. The highest BCUT2D eigenvalue weighted by Gasteiger charge is 2.49. The van der Waals surface area contributed by atoms with Gasteiger partial charge in [-0.15, -0.1) is 0 Å². The van der Waals surface area contributed by atoms with Crippen molar-refractivity contribution in [2.75, 3.05) is 0 Å². The maximum atomic E-state index is 13.7. The van der Waals surface area contributed by atoms with Crippen LogP contribution in [0.3, 0.4) is 0 Å². The minimum Gasteiger partial charge on any atom is -0.478 e. The number of aromatic carboxylic acids is 1. The molecule has 0 saturated heterocycles. The Balaban J connectivity index is 1.96. The number of carboxylic acids is 1. The molecular formula is C23H20Cl2F3N3O4. The molecule has 186 valence electrons. The van der Waals surface area contributed by atoms with E-state index >= 15 is 0 Å². The minimum atomic E-state index is -4.93. The highest BCUT2D eigenvalue weighted by Crippen LogP contribution is 2.46. The van der Waals surface area contributed by atoms with Gasteiger partial charge in [0.25, 0.3) is 5.91 Å². The van der Waals surface area contributed by atoms with E-state index in [2.05, 4.69) is 17.0 Å². The summed E-state index contributed by atoms with van der Waals surface area (Å²) >= 11 is 11.5. The number of nitrogens with one attached hydrogen (secondary N) is 1. The number of amides is 1. The average Bonchev–Trinajstić information content (AvgIpc) is 3.47. The average molecular weight is 530 g/mol. The van der Waals surface area contributed by atoms with Crippen LogP contribution in [0.1, 0.15) is 51.7 Å². The monoisotopic (exact) mass is 529 g/mol. The van der Waals surface area contributed by atoms with Gasteiger partial charge in [-0.2, -0.15) is 18.3 Å². The molecule has 1 fully saturated rings. The molecular weight excluding hydrogens is 510 g/mol. The minimum absolute atomic E-state index is 0.0485. The number of carboxylic acid groups (broad SMARTS) is 1. The van der Waals surface area contributed by atoms with Gasteiger partial charge in [0, 0.05) is 7.05 Å². The van der Waals surface area contributed by atoms with Crippen LogP contribution in [0.25, 0.3) is 0 Å². The highest BCUT2D eigenvalue weighted by molar-refractivity contribution is 6.43. The lowest BCUT2D eigenvalue weighted by Gasteiger charge is -2.19. The summed E-state index contributed by atoms with van der Waals surface area (Å²) in [5, 5.41) is 15.3. The molecule has 1 aliphatic rings. The van der Waals surface area contributed by atoms with Gasteiger partial charge < -0.3 is 15.2 Å². The molecule has 12 heteroatoms. The number of allylic oxidation sites excluding steroid dienone is 5. The number of carbonyl (C=O) groups is 2. The molecule has 1 amide bonds. The Hall–Kier alpha value is -3.24. The molecule has 2 N–H and O–H groups in total. The molecule has 1 aliphatic carbocycles. The lowest BCUT2D eigenvalue weighted by molar-refractivity contribution is -0.141. The molecule has 3 rings (SSSR count). The van der Waals surface area contributed by atoms with E-state index in [4.69, 9.17) is 33.0 Å². The number of hydrogen-bond donors (Lipinski definition) is 2. The maximum absolute atomic E-state index is 13.7. The van der Waals surface area contributed by atoms with Crippen LogP contribution in [-0.2, 0) is 18.8 Å². The number of halogens is 5. The van der Waals surface area contributed by atoms with Crippen molar-refractivity contribution in [3.63, 3.8) is 0 Å². The van der Waals surface area contributed by atoms with E-state index in [0.717, 1.165) is 4.68 Å². The molecule has 0 bridgehead atoms. The van der Waals surface area contributed by atoms with Gasteiger partial charge in [-0.3, -0.25) is 4.79 Å². The molecule has 7 nitrogen and oxygen atoms in total. The summed E-state index contributed by atoms with van der Waals surface area (Å²) in [6, 6.07) is 5.78. The standard InChI is InChI=1S/C23H20Cl2F3N3O4/c1-12(4-9-16(25)13(2)24)35-20-17(18(23(26,27)28)30-31(20)3)19(32)29-22(10-11-22)15-7-5-14(6-8-15)21(33)34/h4-9H,2,10-11H2,1,3H3,(H,29,32)(H,33,34). The van der Waals surface area contributed by atoms with Crippen LogP contribution in [0.4, 0.5) is 13.2 Å². The van der Waals surface area contributed by atoms with Gasteiger partial charge in [0.05, 0.1) is 21.2 Å². The largest absolute Gasteiger partial charge is 0.478 e. The predicted molar refractivity (Wildman–Crippen MR) is 123 cm³/mol. The SMILES string of the molecule is C=C(Cl)C(Cl)=CC=C(C)Oc1c(C(=O)NC2(c3ccc(C(=O)O)cc3)CC2)c(C(F)(F)F)nn1C. The topological polar surface area (TPSA) is 93.4 Å². The molecule has 1 heterocycles. The smallest absolute Gasteiger partial charge is 0.436 e. The van der Waals surface area contributed by atoms with Crippen molar-refractivity contribution in [3.8, 4) is 5.88 Å². The fourth-order valence-electron chi connectivity index (χ4n) is 3.32. The molecule has 1 aromatic heterocycles. The summed E-state index contributed by atoms with van der Waals surface area (Å²) in [5.41, 5.74) is -2.48. The van der Waals surface area contributed by atoms with Gasteiger partial charge in [0.15, 0.2) is 5.69 Å². The van der Waals surface area contributed by atoms with Gasteiger partial charge in [0.2, 0.25) is 5.88 Å². The predicted octanol–water partition coefficient (Wildman–Crippen LogP) is 5.71. The molecule has 1 aromatic carbocycles. The number of hydrogen-bond acceptors (Lipinski definition) is 4. The van der Waals surface area contributed by atoms with Crippen LogP contribution < -0.4 is 10.1 Å². The number of nitrogens with zero attached hydrogens (tertiary/aromatic N) is 2. The fourth-order valence-corrected chi connectivity index (χ4v) is 3.44. The molecule has 0 spiro atoms. The molecule has 2 aromatic rings. The second-order valence-corrected chi connectivity index (χ2v) is 8.73. The number of aryl methyl sites for hydroxylation is 1. The molecule has 1 saturated carbocycles. The van der Waals surface area contributed by atoms with Crippen molar-refractivity contribution in [2.45, 2.75) is 31.5 Å². The number of carbonyl (C=O) groups excluding carboxylic acids is 1. The summed E-state index contributed by atoms with van der Waals surface area (Å²) in [6.07, 6.45) is -1.30. The van der Waals surface area contributed by atoms with E-state index in [1.54, 1.807) is 0 Å². The van der Waals surface area contributed by atoms with E-state index in [1.807, 2.05) is 0 Å². The first-order valence-electron chi connectivity index (χ1n) is 10.1. The number of benzene rings is 1. The van der Waals surface area contributed by atoms with Crippen LogP contribution >= 0.6 is 23.2 Å². The van der Waals surface area contributed by atoms with E-state index in [0.29, 0.717) is 18.4 Å². The van der Waals surface area contributed by atoms with Gasteiger partial charge in [0.1, 0.15) is 11.3 Å². The molecule has 0 aliphatic heterocycles. The second-order valence-electron chi connectivity index (χ2n) is 7.87. The summed E-state index contributed by atoms with van der Waals surface area (Å²) in [6.45, 7) is 4.90. The van der Waals surface area contributed by atoms with Crippen LogP contribution in [0.2, 0.25) is 0 Å². The van der Waals surface area contributed by atoms with E-state index < -0.39 is 40.7 Å². The van der Waals surface area contributed by atoms with E-state index in [9.17, 15) is 22.8 Å². The molecule has 35 heavy (non-hydrogen) atoms. The van der Waals surface area contributed by atoms with Crippen LogP contribution in [0.15, 0.2) is 58.8 Å². The Morgan fingerprint density at radius 3 is 2.31 bits per heavy atom. The third kappa shape index (κ3) is 5.88. The Morgan fingerprint density at radius 2 is 1.83 bits per heavy atom. The third-order valence-corrected chi connectivity index (χ3v) is 5.91. The first-order chi connectivity index (χ1) is 16.2. The third-order valence-electron chi connectivity index (χ3n) is 5.26. The lowest BCUT2D eigenvalue weighted by Crippen LogP contribution is -2.36. The quantitative estimate of drug-likeness (QED) is 0.337. The highest BCUT2D eigenvalue weighted by atomic mass is 35.5. The maximum Gasteiger partial charge on any atom is 0.436 e. The number of rotatable bonds is 8. The van der Waals surface area contributed by atoms with Crippen molar-refractivity contribution in [1.82, 2.24) is 15.1 Å². The Bertz CT molecular complexity index is 1240.